The minimum atomic E-state index is -1.29. The van der Waals surface area contributed by atoms with Crippen molar-refractivity contribution >= 4 is 34.6 Å². The maximum Gasteiger partial charge on any atom is 0.238 e. The van der Waals surface area contributed by atoms with Gasteiger partial charge in [0, 0.05) is 17.4 Å². The number of aryl methyl sites for hydroxylation is 1. The van der Waals surface area contributed by atoms with Crippen molar-refractivity contribution in [2.45, 2.75) is 37.5 Å². The smallest absolute Gasteiger partial charge is 0.238 e. The topological polar surface area (TPSA) is 91.8 Å². The number of anilines is 1. The molecule has 48 heavy (non-hydrogen) atoms. The summed E-state index contributed by atoms with van der Waals surface area (Å²) in [5, 5.41) is 10.3. The van der Waals surface area contributed by atoms with E-state index in [1.807, 2.05) is 97.1 Å². The second-order valence-electron chi connectivity index (χ2n) is 13.4. The second kappa shape index (κ2) is 11.4. The SMILES string of the molecule is CCc1ccc(N2C(=O)[C@H]3[C@H](CC=C4[C@H]3C[C@H]3C(=O)C(c5ccccc5)=CC(=O)[C@@]3(c3ccccc3)[C@H]4c3ccc(O)cc3)C2=O)cc1. The Bertz CT molecular complexity index is 2010. The number of imide groups is 1. The summed E-state index contributed by atoms with van der Waals surface area (Å²) < 4.78 is 0. The van der Waals surface area contributed by atoms with Gasteiger partial charge in [-0.15, -0.1) is 0 Å². The van der Waals surface area contributed by atoms with Crippen molar-refractivity contribution in [2.75, 3.05) is 4.90 Å². The van der Waals surface area contributed by atoms with Crippen LogP contribution in [0.3, 0.4) is 0 Å². The third-order valence-electron chi connectivity index (χ3n) is 11.2. The van der Waals surface area contributed by atoms with Crippen molar-refractivity contribution in [3.63, 3.8) is 0 Å². The van der Waals surface area contributed by atoms with Crippen molar-refractivity contribution in [1.29, 1.82) is 0 Å². The highest BCUT2D eigenvalue weighted by Crippen LogP contribution is 2.63. The zero-order chi connectivity index (χ0) is 33.2. The first kappa shape index (κ1) is 30.0. The first-order chi connectivity index (χ1) is 23.3. The summed E-state index contributed by atoms with van der Waals surface area (Å²) >= 11 is 0. The van der Waals surface area contributed by atoms with E-state index >= 15 is 4.79 Å². The highest BCUT2D eigenvalue weighted by Gasteiger charge is 2.66. The molecule has 2 amide bonds. The molecule has 1 saturated carbocycles. The monoisotopic (exact) mass is 633 g/mol. The Morgan fingerprint density at radius 3 is 2.10 bits per heavy atom. The van der Waals surface area contributed by atoms with E-state index in [-0.39, 0.29) is 35.6 Å². The fourth-order valence-corrected chi connectivity index (χ4v) is 9.05. The predicted molar refractivity (Wildman–Crippen MR) is 183 cm³/mol. The molecule has 2 fully saturated rings. The number of phenols is 1. The van der Waals surface area contributed by atoms with Gasteiger partial charge in [-0.05, 0) is 77.8 Å². The van der Waals surface area contributed by atoms with Crippen LogP contribution in [0, 0.1) is 23.7 Å². The molecule has 4 aromatic carbocycles. The molecule has 3 aliphatic carbocycles. The molecule has 0 radical (unpaired) electrons. The van der Waals surface area contributed by atoms with E-state index in [1.54, 1.807) is 12.1 Å². The summed E-state index contributed by atoms with van der Waals surface area (Å²) in [6, 6.07) is 33.2. The highest BCUT2D eigenvalue weighted by atomic mass is 16.3. The molecule has 6 heteroatoms. The summed E-state index contributed by atoms with van der Waals surface area (Å²) in [6.07, 6.45) is 5.05. The number of ketones is 2. The number of carbonyl (C=O) groups is 4. The van der Waals surface area contributed by atoms with E-state index in [0.29, 0.717) is 23.2 Å². The lowest BCUT2D eigenvalue weighted by Crippen LogP contribution is -2.58. The van der Waals surface area contributed by atoms with Crippen LogP contribution in [0.25, 0.3) is 5.57 Å². The number of benzene rings is 4. The van der Waals surface area contributed by atoms with Gasteiger partial charge in [-0.3, -0.25) is 24.1 Å². The average Bonchev–Trinajstić information content (AvgIpc) is 3.39. The van der Waals surface area contributed by atoms with Crippen LogP contribution < -0.4 is 4.90 Å². The number of aromatic hydroxyl groups is 1. The third-order valence-corrected chi connectivity index (χ3v) is 11.2. The predicted octanol–water partition coefficient (Wildman–Crippen LogP) is 6.98. The molecule has 6 atom stereocenters. The standard InChI is InChI=1S/C42H35NO5/c1-2-25-13-17-29(18-14-25)43-40(47)32-22-21-31-34(37(32)41(43)48)23-35-39(46)33(26-9-5-3-6-10-26)24-36(45)42(35,28-11-7-4-8-12-28)38(31)27-15-19-30(44)20-16-27/h3-21,24,32,34-35,37-38,44H,2,22-23H2,1H3/t32-,34+,35-,37-,38-,42-/m0/s1. The van der Waals surface area contributed by atoms with E-state index in [1.165, 1.54) is 11.0 Å². The van der Waals surface area contributed by atoms with Crippen LogP contribution in [0.2, 0.25) is 0 Å². The number of allylic oxidation sites excluding steroid dienone is 4. The minimum absolute atomic E-state index is 0.0905. The minimum Gasteiger partial charge on any atom is -0.508 e. The third kappa shape index (κ3) is 4.32. The van der Waals surface area contributed by atoms with Gasteiger partial charge in [-0.1, -0.05) is 104 Å². The second-order valence-corrected chi connectivity index (χ2v) is 13.4. The first-order valence-corrected chi connectivity index (χ1v) is 16.7. The fraction of sp³-hybridized carbons (Fsp3) is 0.238. The molecule has 1 saturated heterocycles. The number of hydrogen-bond donors (Lipinski definition) is 1. The van der Waals surface area contributed by atoms with Crippen LogP contribution in [0.4, 0.5) is 5.69 Å². The number of amides is 2. The lowest BCUT2D eigenvalue weighted by molar-refractivity contribution is -0.135. The normalized spacial score (nSPS) is 27.9. The molecule has 1 aliphatic heterocycles. The van der Waals surface area contributed by atoms with Gasteiger partial charge < -0.3 is 5.11 Å². The zero-order valence-electron chi connectivity index (χ0n) is 26.6. The Hall–Kier alpha value is -5.36. The summed E-state index contributed by atoms with van der Waals surface area (Å²) in [5.41, 5.74) is 3.85. The number of nitrogens with zero attached hydrogens (tertiary/aromatic N) is 1. The van der Waals surface area contributed by atoms with Crippen LogP contribution in [0.15, 0.2) is 127 Å². The molecule has 0 spiro atoms. The van der Waals surface area contributed by atoms with Crippen molar-refractivity contribution in [3.8, 4) is 5.75 Å². The quantitative estimate of drug-likeness (QED) is 0.189. The highest BCUT2D eigenvalue weighted by molar-refractivity contribution is 6.32. The molecule has 6 nitrogen and oxygen atoms in total. The fourth-order valence-electron chi connectivity index (χ4n) is 9.05. The van der Waals surface area contributed by atoms with E-state index < -0.39 is 35.0 Å². The Kier molecular flexibility index (Phi) is 7.13. The average molecular weight is 634 g/mol. The maximum atomic E-state index is 15.0. The molecule has 4 aliphatic rings. The van der Waals surface area contributed by atoms with Crippen LogP contribution in [-0.4, -0.2) is 28.5 Å². The van der Waals surface area contributed by atoms with Crippen molar-refractivity contribution in [1.82, 2.24) is 0 Å². The van der Waals surface area contributed by atoms with Crippen molar-refractivity contribution in [2.24, 2.45) is 23.7 Å². The van der Waals surface area contributed by atoms with E-state index in [4.69, 9.17) is 0 Å². The lowest BCUT2D eigenvalue weighted by Gasteiger charge is -2.55. The molecule has 0 bridgehead atoms. The molecule has 0 unspecified atom stereocenters. The molecular weight excluding hydrogens is 598 g/mol. The van der Waals surface area contributed by atoms with E-state index in [9.17, 15) is 19.5 Å². The number of phenolic OH excluding ortho intramolecular Hbond substituents is 1. The Balaban J connectivity index is 1.33. The number of rotatable bonds is 5. The molecule has 4 aromatic rings. The van der Waals surface area contributed by atoms with Crippen LogP contribution >= 0.6 is 0 Å². The van der Waals surface area contributed by atoms with Gasteiger partial charge in [0.25, 0.3) is 0 Å². The summed E-state index contributed by atoms with van der Waals surface area (Å²) in [7, 11) is 0. The van der Waals surface area contributed by atoms with Crippen LogP contribution in [0.1, 0.15) is 47.9 Å². The summed E-state index contributed by atoms with van der Waals surface area (Å²) in [6.45, 7) is 2.06. The Morgan fingerprint density at radius 2 is 1.44 bits per heavy atom. The number of hydrogen-bond acceptors (Lipinski definition) is 5. The van der Waals surface area contributed by atoms with E-state index in [0.717, 1.165) is 28.7 Å². The van der Waals surface area contributed by atoms with Gasteiger partial charge in [0.15, 0.2) is 11.6 Å². The number of fused-ring (bicyclic) bond motifs is 4. The number of carbonyl (C=O) groups excluding carboxylic acids is 4. The molecule has 1 heterocycles. The lowest BCUT2D eigenvalue weighted by atomic mass is 9.44. The largest absolute Gasteiger partial charge is 0.508 e. The molecular formula is C42H35NO5. The molecule has 8 rings (SSSR count). The first-order valence-electron chi connectivity index (χ1n) is 16.7. The van der Waals surface area contributed by atoms with Gasteiger partial charge in [0.1, 0.15) is 5.75 Å². The van der Waals surface area contributed by atoms with Crippen molar-refractivity contribution in [3.05, 3.63) is 149 Å². The van der Waals surface area contributed by atoms with Gasteiger partial charge in [0.2, 0.25) is 11.8 Å². The van der Waals surface area contributed by atoms with Crippen molar-refractivity contribution < 1.29 is 24.3 Å². The van der Waals surface area contributed by atoms with Gasteiger partial charge in [0.05, 0.1) is 22.9 Å². The van der Waals surface area contributed by atoms with E-state index in [2.05, 4.69) is 13.0 Å². The van der Waals surface area contributed by atoms with Crippen LogP contribution in [0.5, 0.6) is 5.75 Å². The maximum absolute atomic E-state index is 15.0. The zero-order valence-corrected chi connectivity index (χ0v) is 26.6. The Labute approximate surface area is 279 Å². The number of Topliss-reactive ketones (excluding diaryl/α,β-unsaturated/α-hetero) is 1. The van der Waals surface area contributed by atoms with Gasteiger partial charge in [-0.25, -0.2) is 0 Å². The summed E-state index contributed by atoms with van der Waals surface area (Å²) in [5.74, 6) is -3.74. The van der Waals surface area contributed by atoms with Gasteiger partial charge in [-0.2, -0.15) is 0 Å². The van der Waals surface area contributed by atoms with Crippen LogP contribution in [-0.2, 0) is 31.0 Å². The molecule has 1 N–H and O–H groups in total. The Morgan fingerprint density at radius 1 is 0.771 bits per heavy atom. The van der Waals surface area contributed by atoms with Gasteiger partial charge >= 0.3 is 0 Å². The summed E-state index contributed by atoms with van der Waals surface area (Å²) in [4.78, 5) is 59.8. The molecule has 238 valence electrons. The molecule has 0 aromatic heterocycles.